The second-order valence-corrected chi connectivity index (χ2v) is 7.70. The summed E-state index contributed by atoms with van der Waals surface area (Å²) in [6, 6.07) is 9.40. The molecule has 0 fully saturated rings. The molecule has 0 saturated carbocycles. The molecule has 3 N–H and O–H groups in total. The van der Waals surface area contributed by atoms with Crippen LogP contribution in [0.3, 0.4) is 0 Å². The lowest BCUT2D eigenvalue weighted by Crippen LogP contribution is -2.18. The van der Waals surface area contributed by atoms with E-state index in [0.29, 0.717) is 15.7 Å². The van der Waals surface area contributed by atoms with E-state index in [0.717, 1.165) is 10.2 Å². The van der Waals surface area contributed by atoms with Crippen LogP contribution in [0.5, 0.6) is 0 Å². The van der Waals surface area contributed by atoms with Crippen molar-refractivity contribution < 1.29 is 9.59 Å². The lowest BCUT2D eigenvalue weighted by molar-refractivity contribution is -0.113. The lowest BCUT2D eigenvalue weighted by atomic mass is 10.3. The molecule has 0 saturated heterocycles. The molecule has 0 spiro atoms. The van der Waals surface area contributed by atoms with E-state index in [2.05, 4.69) is 26.2 Å². The Kier molecular flexibility index (Phi) is 5.57. The number of carbonyl (C=O) groups is 2. The van der Waals surface area contributed by atoms with E-state index in [4.69, 9.17) is 5.73 Å². The normalized spacial score (nSPS) is 10.6. The van der Waals surface area contributed by atoms with Crippen molar-refractivity contribution in [1.29, 1.82) is 0 Å². The smallest absolute Gasteiger partial charge is 0.251 e. The molecule has 0 radical (unpaired) electrons. The van der Waals surface area contributed by atoms with Gasteiger partial charge in [0.2, 0.25) is 5.91 Å². The van der Waals surface area contributed by atoms with Gasteiger partial charge in [-0.2, -0.15) is 0 Å². The van der Waals surface area contributed by atoms with Crippen molar-refractivity contribution >= 4 is 55.8 Å². The number of nitrogens with two attached hydrogens (primary N) is 1. The highest BCUT2D eigenvalue weighted by atomic mass is 79.9. The first-order valence-electron chi connectivity index (χ1n) is 7.14. The predicted octanol–water partition coefficient (Wildman–Crippen LogP) is 3.53. The number of nitrogens with one attached hydrogen (secondary N) is 1. The van der Waals surface area contributed by atoms with E-state index >= 15 is 0 Å². The summed E-state index contributed by atoms with van der Waals surface area (Å²) in [7, 11) is 0. The quantitative estimate of drug-likeness (QED) is 0.578. The zero-order chi connectivity index (χ0) is 17.8. The van der Waals surface area contributed by atoms with E-state index in [-0.39, 0.29) is 11.7 Å². The summed E-state index contributed by atoms with van der Waals surface area (Å²) in [6.45, 7) is 0. The van der Waals surface area contributed by atoms with Crippen LogP contribution in [0, 0.1) is 0 Å². The first-order chi connectivity index (χ1) is 12.0. The molecule has 2 heterocycles. The van der Waals surface area contributed by atoms with E-state index in [1.807, 2.05) is 35.0 Å². The Balaban J connectivity index is 1.65. The molecule has 9 heteroatoms. The van der Waals surface area contributed by atoms with Crippen molar-refractivity contribution in [2.45, 2.75) is 5.16 Å². The fourth-order valence-corrected chi connectivity index (χ4v) is 3.93. The Labute approximate surface area is 160 Å². The lowest BCUT2D eigenvalue weighted by Gasteiger charge is -2.08. The maximum atomic E-state index is 12.2. The number of carbonyl (C=O) groups excluding carboxylic acids is 2. The number of primary amides is 1. The van der Waals surface area contributed by atoms with Gasteiger partial charge in [0, 0.05) is 22.6 Å². The zero-order valence-corrected chi connectivity index (χ0v) is 16.0. The van der Waals surface area contributed by atoms with Gasteiger partial charge >= 0.3 is 0 Å². The Bertz CT molecular complexity index is 905. The molecule has 0 aliphatic rings. The van der Waals surface area contributed by atoms with Gasteiger partial charge in [-0.15, -0.1) is 11.3 Å². The van der Waals surface area contributed by atoms with Gasteiger partial charge in [-0.25, -0.2) is 4.98 Å². The summed E-state index contributed by atoms with van der Waals surface area (Å²) in [4.78, 5) is 27.7. The Morgan fingerprint density at radius 2 is 2.04 bits per heavy atom. The zero-order valence-electron chi connectivity index (χ0n) is 12.8. The molecule has 128 valence electrons. The van der Waals surface area contributed by atoms with Gasteiger partial charge in [0.05, 0.1) is 11.3 Å². The topological polar surface area (TPSA) is 90.0 Å². The minimum atomic E-state index is -0.560. The number of imidazole rings is 1. The molecule has 2 amide bonds. The third-order valence-corrected chi connectivity index (χ3v) is 5.55. The molecule has 3 aromatic rings. The molecule has 0 atom stereocenters. The molecule has 0 bridgehead atoms. The first kappa shape index (κ1) is 17.7. The number of aromatic nitrogens is 2. The molecule has 0 aliphatic heterocycles. The van der Waals surface area contributed by atoms with Crippen molar-refractivity contribution in [2.24, 2.45) is 5.73 Å². The summed E-state index contributed by atoms with van der Waals surface area (Å²) in [5.41, 5.74) is 6.55. The number of anilines is 1. The van der Waals surface area contributed by atoms with Crippen LogP contribution >= 0.6 is 39.0 Å². The van der Waals surface area contributed by atoms with Gasteiger partial charge in [0.25, 0.3) is 5.91 Å². The van der Waals surface area contributed by atoms with E-state index in [1.54, 1.807) is 17.6 Å². The van der Waals surface area contributed by atoms with Crippen LogP contribution in [-0.2, 0) is 4.79 Å². The van der Waals surface area contributed by atoms with Crippen LogP contribution < -0.4 is 11.1 Å². The van der Waals surface area contributed by atoms with E-state index < -0.39 is 5.91 Å². The molecular weight excluding hydrogens is 424 g/mol. The van der Waals surface area contributed by atoms with Gasteiger partial charge < -0.3 is 11.1 Å². The molecule has 0 unspecified atom stereocenters. The number of hydrogen-bond acceptors (Lipinski definition) is 5. The third kappa shape index (κ3) is 4.30. The molecule has 3 rings (SSSR count). The van der Waals surface area contributed by atoms with Crippen LogP contribution in [-0.4, -0.2) is 27.1 Å². The minimum absolute atomic E-state index is 0.170. The van der Waals surface area contributed by atoms with E-state index in [9.17, 15) is 9.59 Å². The van der Waals surface area contributed by atoms with Gasteiger partial charge in [-0.05, 0) is 35.7 Å². The van der Waals surface area contributed by atoms with E-state index in [1.165, 1.54) is 23.1 Å². The number of amides is 2. The summed E-state index contributed by atoms with van der Waals surface area (Å²) in [5, 5.41) is 5.60. The van der Waals surface area contributed by atoms with Crippen LogP contribution in [0.15, 0.2) is 57.7 Å². The van der Waals surface area contributed by atoms with Crippen LogP contribution in [0.4, 0.5) is 5.00 Å². The Hall–Kier alpha value is -2.10. The van der Waals surface area contributed by atoms with Crippen LogP contribution in [0.1, 0.15) is 10.4 Å². The van der Waals surface area contributed by atoms with Crippen molar-refractivity contribution in [3.05, 3.63) is 58.1 Å². The number of halogens is 1. The average Bonchev–Trinajstić information content (AvgIpc) is 3.22. The number of nitrogens with zero attached hydrogens (tertiary/aromatic N) is 2. The standard InChI is InChI=1S/C16H13BrN4O2S2/c17-10-1-3-11(4-2-10)21-7-6-19-16(21)25-9-13(22)20-15-12(14(18)23)5-8-24-15/h1-8H,9H2,(H2,18,23)(H,20,22). The summed E-state index contributed by atoms with van der Waals surface area (Å²) in [6.07, 6.45) is 3.53. The second-order valence-electron chi connectivity index (χ2n) is 4.92. The predicted molar refractivity (Wildman–Crippen MR) is 103 cm³/mol. The molecule has 1 aromatic carbocycles. The molecule has 0 aliphatic carbocycles. The Morgan fingerprint density at radius 3 is 2.76 bits per heavy atom. The fraction of sp³-hybridized carbons (Fsp3) is 0.0625. The maximum absolute atomic E-state index is 12.2. The minimum Gasteiger partial charge on any atom is -0.366 e. The summed E-state index contributed by atoms with van der Waals surface area (Å²) >= 11 is 5.98. The van der Waals surface area contributed by atoms with Crippen molar-refractivity contribution in [3.63, 3.8) is 0 Å². The summed E-state index contributed by atoms with van der Waals surface area (Å²) < 4.78 is 2.90. The fourth-order valence-electron chi connectivity index (χ4n) is 2.09. The van der Waals surface area contributed by atoms with Crippen molar-refractivity contribution in [1.82, 2.24) is 9.55 Å². The summed E-state index contributed by atoms with van der Waals surface area (Å²) in [5.74, 6) is -0.612. The maximum Gasteiger partial charge on any atom is 0.251 e. The highest BCUT2D eigenvalue weighted by Gasteiger charge is 2.14. The first-order valence-corrected chi connectivity index (χ1v) is 9.79. The molecule has 25 heavy (non-hydrogen) atoms. The monoisotopic (exact) mass is 436 g/mol. The molecule has 2 aromatic heterocycles. The number of thiophene rings is 1. The SMILES string of the molecule is NC(=O)c1ccsc1NC(=O)CSc1nccn1-c1ccc(Br)cc1. The van der Waals surface area contributed by atoms with Gasteiger partial charge in [-0.1, -0.05) is 27.7 Å². The second kappa shape index (κ2) is 7.85. The Morgan fingerprint density at radius 1 is 1.28 bits per heavy atom. The number of thioether (sulfide) groups is 1. The number of rotatable bonds is 6. The van der Waals surface area contributed by atoms with Gasteiger partial charge in [-0.3, -0.25) is 14.2 Å². The number of hydrogen-bond donors (Lipinski definition) is 2. The van der Waals surface area contributed by atoms with Crippen LogP contribution in [0.2, 0.25) is 0 Å². The molecule has 6 nitrogen and oxygen atoms in total. The third-order valence-electron chi connectivity index (χ3n) is 3.23. The van der Waals surface area contributed by atoms with Crippen molar-refractivity contribution in [3.8, 4) is 5.69 Å². The van der Waals surface area contributed by atoms with Crippen LogP contribution in [0.25, 0.3) is 5.69 Å². The largest absolute Gasteiger partial charge is 0.366 e. The van der Waals surface area contributed by atoms with Gasteiger partial charge in [0.15, 0.2) is 5.16 Å². The average molecular weight is 437 g/mol. The number of benzene rings is 1. The highest BCUT2D eigenvalue weighted by Crippen LogP contribution is 2.25. The van der Waals surface area contributed by atoms with Gasteiger partial charge in [0.1, 0.15) is 5.00 Å². The molecular formula is C16H13BrN4O2S2. The highest BCUT2D eigenvalue weighted by molar-refractivity contribution is 9.10. The van der Waals surface area contributed by atoms with Crippen molar-refractivity contribution in [2.75, 3.05) is 11.1 Å².